The number of carboxylic acids is 1. The van der Waals surface area contributed by atoms with Gasteiger partial charge in [0.1, 0.15) is 11.5 Å². The van der Waals surface area contributed by atoms with E-state index in [1.165, 1.54) is 11.1 Å². The first kappa shape index (κ1) is 15.8. The Morgan fingerprint density at radius 3 is 2.62 bits per heavy atom. The predicted octanol–water partition coefficient (Wildman–Crippen LogP) is 0.969. The molecule has 0 saturated carbocycles. The van der Waals surface area contributed by atoms with Crippen molar-refractivity contribution in [3.63, 3.8) is 0 Å². The molecule has 4 N–H and O–H groups in total. The molecule has 21 heavy (non-hydrogen) atoms. The fourth-order valence-electron chi connectivity index (χ4n) is 1.93. The molecule has 2 rings (SSSR count). The molecule has 6 nitrogen and oxygen atoms in total. The van der Waals surface area contributed by atoms with E-state index >= 15 is 0 Å². The lowest BCUT2D eigenvalue weighted by Crippen LogP contribution is -2.64. The fraction of sp³-hybridized carbons (Fsp3) is 0.429. The number of aliphatic carboxylic acids is 1. The lowest BCUT2D eigenvalue weighted by Gasteiger charge is -2.30. The molecule has 2 unspecified atom stereocenters. The van der Waals surface area contributed by atoms with Crippen LogP contribution in [0.5, 0.6) is 0 Å². The highest BCUT2D eigenvalue weighted by Crippen LogP contribution is 2.17. The van der Waals surface area contributed by atoms with E-state index in [0.717, 1.165) is 5.75 Å². The summed E-state index contributed by atoms with van der Waals surface area (Å²) in [6.07, 6.45) is 0.234. The number of rotatable bonds is 6. The van der Waals surface area contributed by atoms with Gasteiger partial charge >= 0.3 is 5.97 Å². The second-order valence-corrected chi connectivity index (χ2v) is 6.05. The monoisotopic (exact) mass is 309 g/mol. The van der Waals surface area contributed by atoms with Crippen molar-refractivity contribution < 1.29 is 14.7 Å². The van der Waals surface area contributed by atoms with E-state index in [-0.39, 0.29) is 24.2 Å². The summed E-state index contributed by atoms with van der Waals surface area (Å²) in [7, 11) is 0. The molecule has 0 bridgehead atoms. The number of carbonyl (C=O) groups is 2. The van der Waals surface area contributed by atoms with Crippen LogP contribution < -0.4 is 16.2 Å². The number of hydrogen-bond donors (Lipinski definition) is 4. The average molecular weight is 309 g/mol. The van der Waals surface area contributed by atoms with Crippen molar-refractivity contribution in [2.45, 2.75) is 37.1 Å². The van der Waals surface area contributed by atoms with Gasteiger partial charge in [0.25, 0.3) is 0 Å². The molecule has 7 heteroatoms. The SMILES string of the molecule is Cc1ccc(CSC2NNC(CCC(=O)O)C(=O)N2)cc1. The maximum atomic E-state index is 11.9. The maximum absolute atomic E-state index is 11.9. The molecule has 2 atom stereocenters. The zero-order valence-corrected chi connectivity index (χ0v) is 12.6. The Morgan fingerprint density at radius 2 is 2.00 bits per heavy atom. The average Bonchev–Trinajstić information content (AvgIpc) is 2.45. The lowest BCUT2D eigenvalue weighted by atomic mass is 10.1. The van der Waals surface area contributed by atoms with Crippen LogP contribution in [0.4, 0.5) is 0 Å². The van der Waals surface area contributed by atoms with Gasteiger partial charge in [-0.05, 0) is 18.9 Å². The second-order valence-electron chi connectivity index (χ2n) is 4.96. The molecule has 1 aliphatic heterocycles. The molecular formula is C14H19N3O3S. The van der Waals surface area contributed by atoms with E-state index in [2.05, 4.69) is 40.4 Å². The molecule has 1 aromatic rings. The first-order valence-electron chi connectivity index (χ1n) is 6.75. The Labute approximate surface area is 127 Å². The number of nitrogens with one attached hydrogen (secondary N) is 3. The topological polar surface area (TPSA) is 90.5 Å². The molecule has 0 radical (unpaired) electrons. The Hall–Kier alpha value is -1.57. The minimum atomic E-state index is -0.902. The number of carboxylic acid groups (broad SMARTS) is 1. The van der Waals surface area contributed by atoms with Crippen molar-refractivity contribution in [3.8, 4) is 0 Å². The highest BCUT2D eigenvalue weighted by atomic mass is 32.2. The van der Waals surface area contributed by atoms with Crippen molar-refractivity contribution in [2.75, 3.05) is 0 Å². The summed E-state index contributed by atoms with van der Waals surface area (Å²) < 4.78 is 0. The third-order valence-electron chi connectivity index (χ3n) is 3.16. The summed E-state index contributed by atoms with van der Waals surface area (Å²) >= 11 is 1.56. The summed E-state index contributed by atoms with van der Waals surface area (Å²) in [4.78, 5) is 22.4. The smallest absolute Gasteiger partial charge is 0.303 e. The minimum absolute atomic E-state index is 0.0338. The molecular weight excluding hydrogens is 290 g/mol. The normalized spacial score (nSPS) is 21.9. The van der Waals surface area contributed by atoms with Gasteiger partial charge in [0, 0.05) is 12.2 Å². The number of aryl methyl sites for hydroxylation is 1. The number of hydrogen-bond acceptors (Lipinski definition) is 5. The van der Waals surface area contributed by atoms with E-state index in [1.54, 1.807) is 11.8 Å². The van der Waals surface area contributed by atoms with Gasteiger partial charge in [-0.25, -0.2) is 10.9 Å². The summed E-state index contributed by atoms with van der Waals surface area (Å²) in [5.41, 5.74) is 8.05. The van der Waals surface area contributed by atoms with E-state index in [9.17, 15) is 9.59 Å². The molecule has 0 aliphatic carbocycles. The summed E-state index contributed by atoms with van der Waals surface area (Å²) in [6.45, 7) is 2.04. The Bertz CT molecular complexity index is 507. The summed E-state index contributed by atoms with van der Waals surface area (Å²) in [5.74, 6) is -0.295. The van der Waals surface area contributed by atoms with Crippen LogP contribution in [-0.4, -0.2) is 28.5 Å². The quantitative estimate of drug-likeness (QED) is 0.626. The van der Waals surface area contributed by atoms with Gasteiger partial charge in [0.05, 0.1) is 0 Å². The fourth-order valence-corrected chi connectivity index (χ4v) is 2.83. The largest absolute Gasteiger partial charge is 0.481 e. The molecule has 1 aliphatic rings. The van der Waals surface area contributed by atoms with Gasteiger partial charge in [0.2, 0.25) is 5.91 Å². The van der Waals surface area contributed by atoms with Gasteiger partial charge in [0.15, 0.2) is 0 Å². The van der Waals surface area contributed by atoms with Crippen LogP contribution in [0.25, 0.3) is 0 Å². The number of hydrazine groups is 1. The number of thioether (sulfide) groups is 1. The van der Waals surface area contributed by atoms with Crippen molar-refractivity contribution in [1.29, 1.82) is 0 Å². The number of carbonyl (C=O) groups excluding carboxylic acids is 1. The zero-order valence-electron chi connectivity index (χ0n) is 11.8. The van der Waals surface area contributed by atoms with Crippen LogP contribution in [0, 0.1) is 6.92 Å². The van der Waals surface area contributed by atoms with Gasteiger partial charge < -0.3 is 10.4 Å². The first-order valence-corrected chi connectivity index (χ1v) is 7.80. The summed E-state index contributed by atoms with van der Waals surface area (Å²) in [5, 5.41) is 11.5. The van der Waals surface area contributed by atoms with Crippen molar-refractivity contribution in [2.24, 2.45) is 0 Å². The maximum Gasteiger partial charge on any atom is 0.303 e. The zero-order chi connectivity index (χ0) is 15.2. The van der Waals surface area contributed by atoms with E-state index in [4.69, 9.17) is 5.11 Å². The molecule has 1 heterocycles. The van der Waals surface area contributed by atoms with Gasteiger partial charge in [-0.2, -0.15) is 0 Å². The first-order chi connectivity index (χ1) is 10.0. The van der Waals surface area contributed by atoms with Gasteiger partial charge in [-0.15, -0.1) is 11.8 Å². The molecule has 1 fully saturated rings. The van der Waals surface area contributed by atoms with E-state index < -0.39 is 12.0 Å². The minimum Gasteiger partial charge on any atom is -0.481 e. The predicted molar refractivity (Wildman–Crippen MR) is 81.3 cm³/mol. The number of benzene rings is 1. The van der Waals surface area contributed by atoms with Crippen molar-refractivity contribution >= 4 is 23.6 Å². The Kier molecular flexibility index (Phi) is 5.60. The molecule has 1 saturated heterocycles. The molecule has 0 aromatic heterocycles. The molecule has 1 aromatic carbocycles. The Balaban J connectivity index is 1.76. The number of amides is 1. The highest BCUT2D eigenvalue weighted by molar-refractivity contribution is 7.99. The molecule has 0 spiro atoms. The van der Waals surface area contributed by atoms with Crippen molar-refractivity contribution in [1.82, 2.24) is 16.2 Å². The van der Waals surface area contributed by atoms with Crippen LogP contribution in [0.15, 0.2) is 24.3 Å². The summed E-state index contributed by atoms with van der Waals surface area (Å²) in [6, 6.07) is 7.75. The van der Waals surface area contributed by atoms with Crippen LogP contribution in [0.3, 0.4) is 0 Å². The van der Waals surface area contributed by atoms with Gasteiger partial charge in [-0.3, -0.25) is 9.59 Å². The third-order valence-corrected chi connectivity index (χ3v) is 4.23. The van der Waals surface area contributed by atoms with Crippen LogP contribution in [0.2, 0.25) is 0 Å². The second kappa shape index (κ2) is 7.44. The lowest BCUT2D eigenvalue weighted by molar-refractivity contribution is -0.137. The highest BCUT2D eigenvalue weighted by Gasteiger charge is 2.27. The standard InChI is InChI=1S/C14H19N3O3S/c1-9-2-4-10(5-3-9)8-21-14-15-13(20)11(16-17-14)6-7-12(18)19/h2-5,11,14,16-17H,6-8H2,1H3,(H,15,20)(H,18,19). The van der Waals surface area contributed by atoms with Crippen LogP contribution in [-0.2, 0) is 15.3 Å². The third kappa shape index (κ3) is 5.04. The van der Waals surface area contributed by atoms with Gasteiger partial charge in [-0.1, -0.05) is 29.8 Å². The van der Waals surface area contributed by atoms with Crippen LogP contribution in [0.1, 0.15) is 24.0 Å². The van der Waals surface area contributed by atoms with E-state index in [0.29, 0.717) is 0 Å². The van der Waals surface area contributed by atoms with Crippen LogP contribution >= 0.6 is 11.8 Å². The Morgan fingerprint density at radius 1 is 1.29 bits per heavy atom. The van der Waals surface area contributed by atoms with Crippen molar-refractivity contribution in [3.05, 3.63) is 35.4 Å². The molecule has 114 valence electrons. The molecule has 1 amide bonds. The van der Waals surface area contributed by atoms with E-state index in [1.807, 2.05) is 6.92 Å².